The first-order chi connectivity index (χ1) is 13.4. The van der Waals surface area contributed by atoms with Crippen molar-refractivity contribution in [2.24, 2.45) is 5.92 Å². The summed E-state index contributed by atoms with van der Waals surface area (Å²) in [5.41, 5.74) is 2.00. The summed E-state index contributed by atoms with van der Waals surface area (Å²) in [6, 6.07) is 7.88. The zero-order chi connectivity index (χ0) is 20.3. The number of nitrogens with zero attached hydrogens (tertiary/aromatic N) is 3. The molecule has 0 bridgehead atoms. The van der Waals surface area contributed by atoms with Gasteiger partial charge in [0, 0.05) is 44.8 Å². The van der Waals surface area contributed by atoms with Crippen LogP contribution < -0.4 is 0 Å². The zero-order valence-corrected chi connectivity index (χ0v) is 17.9. The highest BCUT2D eigenvalue weighted by Crippen LogP contribution is 2.19. The standard InChI is InChI=1S/C23H35N3O2/c1-17(2)20-5-7-21(8-6-20)23(28)26-15-13-24(14-16-26)19(4)22(27)25-11-9-18(3)10-12-25/h5-8,17-19H,9-16H2,1-4H3. The van der Waals surface area contributed by atoms with Crippen LogP contribution >= 0.6 is 0 Å². The van der Waals surface area contributed by atoms with E-state index < -0.39 is 0 Å². The molecular formula is C23H35N3O2. The topological polar surface area (TPSA) is 43.9 Å². The maximum absolute atomic E-state index is 12.8. The fourth-order valence-electron chi connectivity index (χ4n) is 4.15. The average Bonchev–Trinajstić information content (AvgIpc) is 2.73. The number of hydrogen-bond acceptors (Lipinski definition) is 3. The number of carbonyl (C=O) groups excluding carboxylic acids is 2. The number of likely N-dealkylation sites (tertiary alicyclic amines) is 1. The predicted octanol–water partition coefficient (Wildman–Crippen LogP) is 3.21. The van der Waals surface area contributed by atoms with Crippen molar-refractivity contribution in [3.8, 4) is 0 Å². The molecule has 3 rings (SSSR count). The molecule has 0 N–H and O–H groups in total. The van der Waals surface area contributed by atoms with Crippen LogP contribution in [-0.2, 0) is 4.79 Å². The quantitative estimate of drug-likeness (QED) is 0.799. The lowest BCUT2D eigenvalue weighted by atomic mass is 9.98. The van der Waals surface area contributed by atoms with Crippen molar-refractivity contribution >= 4 is 11.8 Å². The number of hydrogen-bond donors (Lipinski definition) is 0. The summed E-state index contributed by atoms with van der Waals surface area (Å²) in [5, 5.41) is 0. The van der Waals surface area contributed by atoms with Gasteiger partial charge in [-0.25, -0.2) is 0 Å². The second kappa shape index (κ2) is 9.08. The van der Waals surface area contributed by atoms with Gasteiger partial charge in [-0.05, 0) is 49.3 Å². The molecule has 0 spiro atoms. The fourth-order valence-corrected chi connectivity index (χ4v) is 4.15. The van der Waals surface area contributed by atoms with E-state index >= 15 is 0 Å². The van der Waals surface area contributed by atoms with Crippen LogP contribution in [0.15, 0.2) is 24.3 Å². The summed E-state index contributed by atoms with van der Waals surface area (Å²) >= 11 is 0. The van der Waals surface area contributed by atoms with Crippen molar-refractivity contribution < 1.29 is 9.59 Å². The van der Waals surface area contributed by atoms with E-state index in [9.17, 15) is 9.59 Å². The van der Waals surface area contributed by atoms with Crippen LogP contribution in [-0.4, -0.2) is 71.8 Å². The second-order valence-electron chi connectivity index (χ2n) is 8.79. The third-order valence-electron chi connectivity index (χ3n) is 6.43. The van der Waals surface area contributed by atoms with E-state index in [2.05, 4.69) is 25.7 Å². The minimum absolute atomic E-state index is 0.0963. The number of piperidine rings is 1. The summed E-state index contributed by atoms with van der Waals surface area (Å²) in [7, 11) is 0. The number of piperazine rings is 1. The largest absolute Gasteiger partial charge is 0.341 e. The van der Waals surface area contributed by atoms with E-state index in [-0.39, 0.29) is 17.9 Å². The molecule has 1 aromatic rings. The van der Waals surface area contributed by atoms with E-state index in [0.717, 1.165) is 50.5 Å². The third-order valence-corrected chi connectivity index (χ3v) is 6.43. The Morgan fingerprint density at radius 1 is 0.857 bits per heavy atom. The van der Waals surface area contributed by atoms with Crippen LogP contribution in [0.3, 0.4) is 0 Å². The van der Waals surface area contributed by atoms with E-state index in [1.807, 2.05) is 41.0 Å². The van der Waals surface area contributed by atoms with Crippen molar-refractivity contribution in [1.29, 1.82) is 0 Å². The first-order valence-corrected chi connectivity index (χ1v) is 10.8. The summed E-state index contributed by atoms with van der Waals surface area (Å²) in [6.07, 6.45) is 2.21. The lowest BCUT2D eigenvalue weighted by Crippen LogP contribution is -2.56. The molecule has 0 aliphatic carbocycles. The normalized spacial score (nSPS) is 20.5. The van der Waals surface area contributed by atoms with E-state index in [1.54, 1.807) is 0 Å². The van der Waals surface area contributed by atoms with Gasteiger partial charge in [-0.1, -0.05) is 32.9 Å². The summed E-state index contributed by atoms with van der Waals surface area (Å²) in [6.45, 7) is 13.2. The molecule has 5 heteroatoms. The zero-order valence-electron chi connectivity index (χ0n) is 17.9. The van der Waals surface area contributed by atoms with Gasteiger partial charge in [-0.2, -0.15) is 0 Å². The number of amides is 2. The summed E-state index contributed by atoms with van der Waals surface area (Å²) < 4.78 is 0. The molecule has 0 saturated carbocycles. The number of benzene rings is 1. The smallest absolute Gasteiger partial charge is 0.253 e. The Bertz CT molecular complexity index is 670. The Kier molecular flexibility index (Phi) is 6.76. The lowest BCUT2D eigenvalue weighted by Gasteiger charge is -2.40. The average molecular weight is 386 g/mol. The SMILES string of the molecule is CC1CCN(C(=O)C(C)N2CCN(C(=O)c3ccc(C(C)C)cc3)CC2)CC1. The molecule has 2 heterocycles. The monoisotopic (exact) mass is 385 g/mol. The molecule has 0 aromatic heterocycles. The van der Waals surface area contributed by atoms with Crippen molar-refractivity contribution in [3.05, 3.63) is 35.4 Å². The second-order valence-corrected chi connectivity index (χ2v) is 8.79. The summed E-state index contributed by atoms with van der Waals surface area (Å²) in [5.74, 6) is 1.54. The Morgan fingerprint density at radius 3 is 1.96 bits per heavy atom. The molecule has 2 saturated heterocycles. The molecule has 2 amide bonds. The highest BCUT2D eigenvalue weighted by molar-refractivity contribution is 5.94. The molecular weight excluding hydrogens is 350 g/mol. The molecule has 1 unspecified atom stereocenters. The van der Waals surface area contributed by atoms with Crippen molar-refractivity contribution in [2.45, 2.75) is 52.5 Å². The van der Waals surface area contributed by atoms with Gasteiger partial charge in [0.1, 0.15) is 0 Å². The third kappa shape index (κ3) is 4.75. The van der Waals surface area contributed by atoms with Crippen molar-refractivity contribution in [2.75, 3.05) is 39.3 Å². The molecule has 2 aliphatic heterocycles. The van der Waals surface area contributed by atoms with Crippen LogP contribution in [0.25, 0.3) is 0 Å². The Morgan fingerprint density at radius 2 is 1.43 bits per heavy atom. The molecule has 5 nitrogen and oxygen atoms in total. The molecule has 1 atom stereocenters. The van der Waals surface area contributed by atoms with Gasteiger partial charge in [0.2, 0.25) is 5.91 Å². The van der Waals surface area contributed by atoms with Gasteiger partial charge in [0.25, 0.3) is 5.91 Å². The van der Waals surface area contributed by atoms with Crippen LogP contribution in [0.2, 0.25) is 0 Å². The molecule has 154 valence electrons. The van der Waals surface area contributed by atoms with Crippen LogP contribution in [0, 0.1) is 5.92 Å². The fraction of sp³-hybridized carbons (Fsp3) is 0.652. The molecule has 2 fully saturated rings. The van der Waals surface area contributed by atoms with Crippen molar-refractivity contribution in [1.82, 2.24) is 14.7 Å². The van der Waals surface area contributed by atoms with Gasteiger partial charge >= 0.3 is 0 Å². The van der Waals surface area contributed by atoms with E-state index in [0.29, 0.717) is 19.0 Å². The highest BCUT2D eigenvalue weighted by Gasteiger charge is 2.31. The maximum Gasteiger partial charge on any atom is 0.253 e. The minimum Gasteiger partial charge on any atom is -0.341 e. The highest BCUT2D eigenvalue weighted by atomic mass is 16.2. The molecule has 0 radical (unpaired) electrons. The Hall–Kier alpha value is -1.88. The molecule has 28 heavy (non-hydrogen) atoms. The van der Waals surface area contributed by atoms with Gasteiger partial charge in [0.15, 0.2) is 0 Å². The van der Waals surface area contributed by atoms with E-state index in [1.165, 1.54) is 5.56 Å². The Labute approximate surface area is 169 Å². The van der Waals surface area contributed by atoms with Gasteiger partial charge in [-0.3, -0.25) is 14.5 Å². The van der Waals surface area contributed by atoms with Crippen LogP contribution in [0.1, 0.15) is 62.4 Å². The predicted molar refractivity (Wildman–Crippen MR) is 112 cm³/mol. The lowest BCUT2D eigenvalue weighted by molar-refractivity contribution is -0.138. The maximum atomic E-state index is 12.8. The first-order valence-electron chi connectivity index (χ1n) is 10.8. The van der Waals surface area contributed by atoms with Crippen molar-refractivity contribution in [3.63, 3.8) is 0 Å². The summed E-state index contributed by atoms with van der Waals surface area (Å²) in [4.78, 5) is 31.8. The van der Waals surface area contributed by atoms with Crippen LogP contribution in [0.4, 0.5) is 0 Å². The number of rotatable bonds is 4. The molecule has 1 aromatic carbocycles. The minimum atomic E-state index is -0.101. The number of carbonyl (C=O) groups is 2. The van der Waals surface area contributed by atoms with Crippen LogP contribution in [0.5, 0.6) is 0 Å². The first kappa shape index (κ1) is 20.8. The van der Waals surface area contributed by atoms with Gasteiger partial charge < -0.3 is 9.80 Å². The van der Waals surface area contributed by atoms with Gasteiger partial charge in [-0.15, -0.1) is 0 Å². The van der Waals surface area contributed by atoms with E-state index in [4.69, 9.17) is 0 Å². The Balaban J connectivity index is 1.52. The molecule has 2 aliphatic rings. The van der Waals surface area contributed by atoms with Gasteiger partial charge in [0.05, 0.1) is 6.04 Å².